The van der Waals surface area contributed by atoms with Gasteiger partial charge in [-0.1, -0.05) is 78.1 Å². The Kier molecular flexibility index (Phi) is 12.7. The van der Waals surface area contributed by atoms with Gasteiger partial charge in [0.05, 0.1) is 5.56 Å². The highest BCUT2D eigenvalue weighted by Crippen LogP contribution is 2.18. The van der Waals surface area contributed by atoms with E-state index in [-0.39, 0.29) is 5.56 Å². The fourth-order valence-electron chi connectivity index (χ4n) is 3.34. The Morgan fingerprint density at radius 2 is 1.18 bits per heavy atom. The highest BCUT2D eigenvalue weighted by molar-refractivity contribution is 5.94. The van der Waals surface area contributed by atoms with Crippen LogP contribution in [0, 0.1) is 17.5 Å². The first kappa shape index (κ1) is 24.5. The molecule has 0 aliphatic rings. The van der Waals surface area contributed by atoms with Gasteiger partial charge < -0.3 is 4.90 Å². The van der Waals surface area contributed by atoms with Crippen LogP contribution >= 0.6 is 0 Å². The van der Waals surface area contributed by atoms with Crippen molar-refractivity contribution in [1.29, 1.82) is 0 Å². The van der Waals surface area contributed by atoms with Crippen LogP contribution in [0.1, 0.15) is 101 Å². The van der Waals surface area contributed by atoms with Crippen molar-refractivity contribution < 1.29 is 18.0 Å². The van der Waals surface area contributed by atoms with Gasteiger partial charge in [-0.3, -0.25) is 4.79 Å². The highest BCUT2D eigenvalue weighted by atomic mass is 19.2. The van der Waals surface area contributed by atoms with E-state index in [1.807, 2.05) is 0 Å². The van der Waals surface area contributed by atoms with E-state index < -0.39 is 23.4 Å². The number of hydrogen-bond acceptors (Lipinski definition) is 1. The third kappa shape index (κ3) is 8.66. The molecule has 2 nitrogen and oxygen atoms in total. The molecule has 5 heteroatoms. The zero-order valence-corrected chi connectivity index (χ0v) is 17.5. The maximum Gasteiger partial charge on any atom is 0.256 e. The van der Waals surface area contributed by atoms with E-state index in [1.54, 1.807) is 4.90 Å². The van der Waals surface area contributed by atoms with Crippen molar-refractivity contribution in [2.24, 2.45) is 0 Å². The van der Waals surface area contributed by atoms with Crippen molar-refractivity contribution in [1.82, 2.24) is 4.90 Å². The Balaban J connectivity index is 2.64. The lowest BCUT2D eigenvalue weighted by molar-refractivity contribution is 0.0743. The molecule has 0 N–H and O–H groups in total. The van der Waals surface area contributed by atoms with Crippen molar-refractivity contribution in [3.05, 3.63) is 35.1 Å². The van der Waals surface area contributed by atoms with Gasteiger partial charge in [-0.2, -0.15) is 0 Å². The van der Waals surface area contributed by atoms with E-state index in [0.717, 1.165) is 50.7 Å². The summed E-state index contributed by atoms with van der Waals surface area (Å²) in [7, 11) is 0. The van der Waals surface area contributed by atoms with Gasteiger partial charge in [-0.25, -0.2) is 13.2 Å². The summed E-state index contributed by atoms with van der Waals surface area (Å²) < 4.78 is 40.8. The topological polar surface area (TPSA) is 20.3 Å². The van der Waals surface area contributed by atoms with Crippen LogP contribution in [0.15, 0.2) is 12.1 Å². The molecule has 0 fully saturated rings. The summed E-state index contributed by atoms with van der Waals surface area (Å²) in [5.41, 5.74) is -0.379. The summed E-state index contributed by atoms with van der Waals surface area (Å²) in [5.74, 6) is -4.78. The van der Waals surface area contributed by atoms with Gasteiger partial charge in [0.25, 0.3) is 5.91 Å². The zero-order valence-electron chi connectivity index (χ0n) is 17.5. The molecule has 160 valence electrons. The molecule has 0 spiro atoms. The molecule has 28 heavy (non-hydrogen) atoms. The van der Waals surface area contributed by atoms with Crippen LogP contribution < -0.4 is 0 Å². The second kappa shape index (κ2) is 14.5. The van der Waals surface area contributed by atoms with Gasteiger partial charge in [0.15, 0.2) is 17.5 Å². The molecular formula is C23H36F3NO. The molecule has 0 heterocycles. The van der Waals surface area contributed by atoms with Crippen molar-refractivity contribution in [3.8, 4) is 0 Å². The number of benzene rings is 1. The Morgan fingerprint density at radius 1 is 0.714 bits per heavy atom. The van der Waals surface area contributed by atoms with E-state index in [4.69, 9.17) is 0 Å². The zero-order chi connectivity index (χ0) is 20.8. The average molecular weight is 400 g/mol. The molecule has 1 rings (SSSR count). The number of rotatable bonds is 15. The third-order valence-corrected chi connectivity index (χ3v) is 5.12. The maximum atomic E-state index is 14.1. The van der Waals surface area contributed by atoms with E-state index in [0.29, 0.717) is 13.1 Å². The Hall–Kier alpha value is -1.52. The number of carbonyl (C=O) groups excluding carboxylic acids is 1. The lowest BCUT2D eigenvalue weighted by Crippen LogP contribution is -2.34. The first-order valence-corrected chi connectivity index (χ1v) is 11.0. The van der Waals surface area contributed by atoms with Crippen LogP contribution in [-0.2, 0) is 0 Å². The number of halogens is 3. The summed E-state index contributed by atoms with van der Waals surface area (Å²) >= 11 is 0. The largest absolute Gasteiger partial charge is 0.339 e. The molecule has 0 bridgehead atoms. The highest BCUT2D eigenvalue weighted by Gasteiger charge is 2.23. The standard InChI is InChI=1S/C23H36F3NO/c1-3-5-7-9-11-13-17-27(18-14-12-10-8-6-4-2)23(28)19-15-16-20(24)22(26)21(19)25/h15-16H,3-14,17-18H2,1-2H3. The molecule has 1 aromatic rings. The van der Waals surface area contributed by atoms with Crippen LogP contribution in [0.4, 0.5) is 13.2 Å². The monoisotopic (exact) mass is 399 g/mol. The molecule has 0 aromatic heterocycles. The van der Waals surface area contributed by atoms with Crippen LogP contribution in [0.3, 0.4) is 0 Å². The van der Waals surface area contributed by atoms with Gasteiger partial charge in [0.1, 0.15) is 0 Å². The van der Waals surface area contributed by atoms with Crippen LogP contribution in [-0.4, -0.2) is 23.9 Å². The van der Waals surface area contributed by atoms with E-state index in [2.05, 4.69) is 13.8 Å². The number of nitrogens with zero attached hydrogens (tertiary/aromatic N) is 1. The van der Waals surface area contributed by atoms with Gasteiger partial charge in [0, 0.05) is 13.1 Å². The number of carbonyl (C=O) groups is 1. The summed E-state index contributed by atoms with van der Waals surface area (Å²) in [6.45, 7) is 5.38. The van der Waals surface area contributed by atoms with Crippen LogP contribution in [0.5, 0.6) is 0 Å². The third-order valence-electron chi connectivity index (χ3n) is 5.12. The van der Waals surface area contributed by atoms with Gasteiger partial charge in [-0.05, 0) is 25.0 Å². The smallest absolute Gasteiger partial charge is 0.256 e. The SMILES string of the molecule is CCCCCCCCN(CCCCCCCC)C(=O)c1ccc(F)c(F)c1F. The van der Waals surface area contributed by atoms with Crippen molar-refractivity contribution in [2.45, 2.75) is 90.9 Å². The number of amides is 1. The molecule has 0 saturated carbocycles. The molecular weight excluding hydrogens is 363 g/mol. The summed E-state index contributed by atoms with van der Waals surface area (Å²) in [6.07, 6.45) is 13.1. The average Bonchev–Trinajstić information content (AvgIpc) is 2.69. The van der Waals surface area contributed by atoms with Crippen LogP contribution in [0.25, 0.3) is 0 Å². The minimum absolute atomic E-state index is 0.379. The molecule has 0 aliphatic heterocycles. The predicted octanol–water partition coefficient (Wildman–Crippen LogP) is 7.27. The van der Waals surface area contributed by atoms with Crippen molar-refractivity contribution >= 4 is 5.91 Å². The molecule has 0 atom stereocenters. The van der Waals surface area contributed by atoms with Crippen LogP contribution in [0.2, 0.25) is 0 Å². The molecule has 0 aliphatic carbocycles. The summed E-state index contributed by atoms with van der Waals surface area (Å²) in [6, 6.07) is 1.87. The quantitative estimate of drug-likeness (QED) is 0.224. The van der Waals surface area contributed by atoms with E-state index >= 15 is 0 Å². The fraction of sp³-hybridized carbons (Fsp3) is 0.696. The number of unbranched alkanes of at least 4 members (excludes halogenated alkanes) is 10. The lowest BCUT2D eigenvalue weighted by Gasteiger charge is -2.23. The van der Waals surface area contributed by atoms with Gasteiger partial charge in [-0.15, -0.1) is 0 Å². The molecule has 0 radical (unpaired) electrons. The first-order valence-electron chi connectivity index (χ1n) is 11.0. The minimum atomic E-state index is -1.58. The maximum absolute atomic E-state index is 14.1. The molecule has 0 saturated heterocycles. The number of hydrogen-bond donors (Lipinski definition) is 0. The minimum Gasteiger partial charge on any atom is -0.339 e. The second-order valence-corrected chi connectivity index (χ2v) is 7.55. The normalized spacial score (nSPS) is 11.0. The first-order chi connectivity index (χ1) is 13.5. The molecule has 1 amide bonds. The lowest BCUT2D eigenvalue weighted by atomic mass is 10.1. The molecule has 1 aromatic carbocycles. The second-order valence-electron chi connectivity index (χ2n) is 7.55. The van der Waals surface area contributed by atoms with E-state index in [1.165, 1.54) is 38.5 Å². The fourth-order valence-corrected chi connectivity index (χ4v) is 3.34. The Morgan fingerprint density at radius 3 is 1.68 bits per heavy atom. The Bertz CT molecular complexity index is 561. The Labute approximate surface area is 168 Å². The summed E-state index contributed by atoms with van der Waals surface area (Å²) in [4.78, 5) is 14.4. The van der Waals surface area contributed by atoms with Crippen molar-refractivity contribution in [2.75, 3.05) is 13.1 Å². The molecule has 0 unspecified atom stereocenters. The van der Waals surface area contributed by atoms with Crippen molar-refractivity contribution in [3.63, 3.8) is 0 Å². The summed E-state index contributed by atoms with van der Waals surface area (Å²) in [5, 5.41) is 0. The van der Waals surface area contributed by atoms with E-state index in [9.17, 15) is 18.0 Å². The van der Waals surface area contributed by atoms with Gasteiger partial charge in [0.2, 0.25) is 0 Å². The predicted molar refractivity (Wildman–Crippen MR) is 109 cm³/mol. The van der Waals surface area contributed by atoms with Gasteiger partial charge >= 0.3 is 0 Å².